The lowest BCUT2D eigenvalue weighted by atomic mass is 10.3. The summed E-state index contributed by atoms with van der Waals surface area (Å²) in [7, 11) is 0. The molecule has 0 aromatic heterocycles. The zero-order chi connectivity index (χ0) is 8.20. The number of esters is 1. The highest BCUT2D eigenvalue weighted by Crippen LogP contribution is 2.13. The second-order valence-electron chi connectivity index (χ2n) is 1.81. The minimum atomic E-state index is -1.36. The Hall–Kier alpha value is -0.830. The molecule has 0 radical (unpaired) electrons. The monoisotopic (exact) mass is 144 g/mol. The van der Waals surface area contributed by atoms with Gasteiger partial charge >= 0.3 is 5.97 Å². The highest BCUT2D eigenvalue weighted by atomic mass is 16.7. The molecule has 1 N–H and O–H groups in total. The van der Waals surface area contributed by atoms with E-state index in [9.17, 15) is 4.79 Å². The van der Waals surface area contributed by atoms with Crippen LogP contribution in [0.5, 0.6) is 0 Å². The molecule has 10 heavy (non-hydrogen) atoms. The van der Waals surface area contributed by atoms with Crippen LogP contribution in [0.2, 0.25) is 0 Å². The predicted octanol–water partition coefficient (Wildman–Crippen LogP) is 0.834. The number of ether oxygens (including phenoxy) is 1. The molecule has 3 nitrogen and oxygen atoms in total. The van der Waals surface area contributed by atoms with E-state index < -0.39 is 11.8 Å². The number of aliphatic hydroxyl groups is 1. The van der Waals surface area contributed by atoms with Gasteiger partial charge < -0.3 is 9.84 Å². The highest BCUT2D eigenvalue weighted by molar-refractivity contribution is 5.84. The lowest BCUT2D eigenvalue weighted by molar-refractivity contribution is -0.172. The van der Waals surface area contributed by atoms with Crippen molar-refractivity contribution in [2.24, 2.45) is 0 Å². The summed E-state index contributed by atoms with van der Waals surface area (Å²) in [5.41, 5.74) is 0. The Morgan fingerprint density at radius 3 is 2.20 bits per heavy atom. The third-order valence-corrected chi connectivity index (χ3v) is 0.836. The number of rotatable bonds is 0. The summed E-state index contributed by atoms with van der Waals surface area (Å²) in [6.45, 7) is 5.40. The van der Waals surface area contributed by atoms with Gasteiger partial charge in [-0.15, -0.1) is 0 Å². The van der Waals surface area contributed by atoms with Crippen LogP contribution >= 0.6 is 0 Å². The van der Waals surface area contributed by atoms with Crippen molar-refractivity contribution < 1.29 is 14.6 Å². The summed E-state index contributed by atoms with van der Waals surface area (Å²) >= 11 is 0. The average Bonchev–Trinajstić information content (AvgIpc) is 2.15. The van der Waals surface area contributed by atoms with Crippen LogP contribution in [0.25, 0.3) is 0 Å². The molecular weight excluding hydrogens is 132 g/mol. The fraction of sp³-hybridized carbons (Fsp3) is 0.571. The van der Waals surface area contributed by atoms with Crippen LogP contribution in [0.3, 0.4) is 0 Å². The van der Waals surface area contributed by atoms with Gasteiger partial charge in [0.05, 0.1) is 0 Å². The maximum absolute atomic E-state index is 10.2. The minimum Gasteiger partial charge on any atom is -0.427 e. The summed E-state index contributed by atoms with van der Waals surface area (Å²) in [5, 5.41) is 8.84. The molecule has 0 spiro atoms. The number of carbonyl (C=O) groups is 1. The largest absolute Gasteiger partial charge is 0.427 e. The van der Waals surface area contributed by atoms with Crippen molar-refractivity contribution >= 4 is 5.97 Å². The zero-order valence-electron chi connectivity index (χ0n) is 6.42. The molecule has 0 amide bonds. The summed E-state index contributed by atoms with van der Waals surface area (Å²) in [4.78, 5) is 10.2. The fourth-order valence-electron chi connectivity index (χ4n) is 0.494. The van der Waals surface area contributed by atoms with Crippen LogP contribution in [0.4, 0.5) is 0 Å². The number of cyclic esters (lactones) is 1. The van der Waals surface area contributed by atoms with E-state index in [1.165, 1.54) is 19.1 Å². The van der Waals surface area contributed by atoms with Gasteiger partial charge in [0.15, 0.2) is 0 Å². The summed E-state index contributed by atoms with van der Waals surface area (Å²) in [6.07, 6.45) is 2.50. The first-order valence-electron chi connectivity index (χ1n) is 3.25. The first-order chi connectivity index (χ1) is 4.60. The van der Waals surface area contributed by atoms with Gasteiger partial charge in [0.1, 0.15) is 0 Å². The predicted molar refractivity (Wildman–Crippen MR) is 37.2 cm³/mol. The van der Waals surface area contributed by atoms with Crippen molar-refractivity contribution in [2.75, 3.05) is 0 Å². The van der Waals surface area contributed by atoms with Gasteiger partial charge in [0.25, 0.3) is 0 Å². The lowest BCUT2D eigenvalue weighted by Crippen LogP contribution is -2.21. The lowest BCUT2D eigenvalue weighted by Gasteiger charge is -2.11. The molecule has 1 heterocycles. The molecule has 0 aliphatic carbocycles. The van der Waals surface area contributed by atoms with E-state index in [1.54, 1.807) is 0 Å². The third kappa shape index (κ3) is 2.64. The molecule has 0 saturated carbocycles. The van der Waals surface area contributed by atoms with Crippen LogP contribution < -0.4 is 0 Å². The van der Waals surface area contributed by atoms with Gasteiger partial charge in [-0.1, -0.05) is 13.8 Å². The van der Waals surface area contributed by atoms with Crippen LogP contribution in [0.1, 0.15) is 20.8 Å². The number of carbonyl (C=O) groups excluding carboxylic acids is 1. The van der Waals surface area contributed by atoms with Crippen LogP contribution in [0.15, 0.2) is 12.2 Å². The normalized spacial score (nSPS) is 29.0. The Labute approximate surface area is 60.3 Å². The number of hydrogen-bond donors (Lipinski definition) is 1. The molecule has 1 atom stereocenters. The Morgan fingerprint density at radius 1 is 1.60 bits per heavy atom. The molecular formula is C7H12O3. The molecule has 1 aliphatic rings. The van der Waals surface area contributed by atoms with E-state index in [1.807, 2.05) is 13.8 Å². The molecule has 0 aromatic rings. The quantitative estimate of drug-likeness (QED) is 0.512. The van der Waals surface area contributed by atoms with Gasteiger partial charge in [-0.2, -0.15) is 0 Å². The first kappa shape index (κ1) is 9.17. The van der Waals surface area contributed by atoms with Gasteiger partial charge in [0, 0.05) is 13.0 Å². The van der Waals surface area contributed by atoms with E-state index in [-0.39, 0.29) is 0 Å². The van der Waals surface area contributed by atoms with Gasteiger partial charge in [-0.3, -0.25) is 0 Å². The molecule has 1 unspecified atom stereocenters. The van der Waals surface area contributed by atoms with E-state index in [0.717, 1.165) is 0 Å². The maximum Gasteiger partial charge on any atom is 0.333 e. The molecule has 1 aliphatic heterocycles. The van der Waals surface area contributed by atoms with Gasteiger partial charge in [0.2, 0.25) is 5.79 Å². The average molecular weight is 144 g/mol. The smallest absolute Gasteiger partial charge is 0.333 e. The van der Waals surface area contributed by atoms with Crippen molar-refractivity contribution in [1.82, 2.24) is 0 Å². The van der Waals surface area contributed by atoms with Crippen molar-refractivity contribution in [3.05, 3.63) is 12.2 Å². The van der Waals surface area contributed by atoms with Crippen LogP contribution in [-0.2, 0) is 9.53 Å². The Kier molecular flexibility index (Phi) is 3.09. The molecule has 1 rings (SSSR count). The van der Waals surface area contributed by atoms with Crippen LogP contribution in [-0.4, -0.2) is 16.9 Å². The first-order valence-corrected chi connectivity index (χ1v) is 3.25. The maximum atomic E-state index is 10.2. The van der Waals surface area contributed by atoms with E-state index in [0.29, 0.717) is 0 Å². The number of hydrogen-bond acceptors (Lipinski definition) is 3. The molecule has 58 valence electrons. The standard InChI is InChI=1S/C5H6O3.C2H6/c1-5(7)3-2-4(6)8-5;1-2/h2-3,7H,1H3;1-2H3. The summed E-state index contributed by atoms with van der Waals surface area (Å²) in [5.74, 6) is -1.85. The topological polar surface area (TPSA) is 46.5 Å². The second kappa shape index (κ2) is 3.37. The summed E-state index contributed by atoms with van der Waals surface area (Å²) in [6, 6.07) is 0. The van der Waals surface area contributed by atoms with Crippen molar-refractivity contribution in [3.8, 4) is 0 Å². The zero-order valence-corrected chi connectivity index (χ0v) is 6.42. The highest BCUT2D eigenvalue weighted by Gasteiger charge is 2.26. The second-order valence-corrected chi connectivity index (χ2v) is 1.81. The van der Waals surface area contributed by atoms with E-state index in [4.69, 9.17) is 5.11 Å². The van der Waals surface area contributed by atoms with Crippen LogP contribution in [0, 0.1) is 0 Å². The van der Waals surface area contributed by atoms with Crippen molar-refractivity contribution in [1.29, 1.82) is 0 Å². The van der Waals surface area contributed by atoms with Crippen molar-refractivity contribution in [2.45, 2.75) is 26.6 Å². The molecule has 0 aromatic carbocycles. The Morgan fingerprint density at radius 2 is 2.10 bits per heavy atom. The molecule has 0 bridgehead atoms. The van der Waals surface area contributed by atoms with Gasteiger partial charge in [-0.05, 0) is 6.08 Å². The Bertz CT molecular complexity index is 147. The molecule has 3 heteroatoms. The Balaban J connectivity index is 0.000000371. The van der Waals surface area contributed by atoms with E-state index >= 15 is 0 Å². The van der Waals surface area contributed by atoms with Gasteiger partial charge in [-0.25, -0.2) is 4.79 Å². The third-order valence-electron chi connectivity index (χ3n) is 0.836. The summed E-state index contributed by atoms with van der Waals surface area (Å²) < 4.78 is 4.35. The molecule has 0 fully saturated rings. The SMILES string of the molecule is CC.CC1(O)C=CC(=O)O1. The van der Waals surface area contributed by atoms with E-state index in [2.05, 4.69) is 4.74 Å². The molecule has 0 saturated heterocycles. The van der Waals surface area contributed by atoms with Crippen molar-refractivity contribution in [3.63, 3.8) is 0 Å². The minimum absolute atomic E-state index is 0.491. The fourth-order valence-corrected chi connectivity index (χ4v) is 0.494.